The molecule has 2 saturated heterocycles. The summed E-state index contributed by atoms with van der Waals surface area (Å²) in [6, 6.07) is 6.07. The van der Waals surface area contributed by atoms with Gasteiger partial charge in [-0.05, 0) is 12.1 Å². The van der Waals surface area contributed by atoms with Crippen LogP contribution in [0.15, 0.2) is 33.5 Å². The SMILES string of the molecule is O=C(Cn1c(=O)oc2ccccc21)N1CC(N2CC(F)(F)C[C@H]2CO)C1. The summed E-state index contributed by atoms with van der Waals surface area (Å²) < 4.78 is 33.5. The lowest BCUT2D eigenvalue weighted by molar-refractivity contribution is -0.140. The van der Waals surface area contributed by atoms with Crippen molar-refractivity contribution in [1.29, 1.82) is 0 Å². The molecule has 1 aromatic heterocycles. The second-order valence-electron chi connectivity index (χ2n) is 6.94. The van der Waals surface area contributed by atoms with E-state index in [1.807, 2.05) is 0 Å². The Kier molecular flexibility index (Phi) is 4.07. The van der Waals surface area contributed by atoms with Crippen LogP contribution in [-0.2, 0) is 11.3 Å². The maximum atomic E-state index is 13.6. The first-order valence-corrected chi connectivity index (χ1v) is 8.48. The number of oxazole rings is 1. The Morgan fingerprint density at radius 2 is 2.04 bits per heavy atom. The van der Waals surface area contributed by atoms with Gasteiger partial charge in [-0.3, -0.25) is 14.3 Å². The summed E-state index contributed by atoms with van der Waals surface area (Å²) in [5.41, 5.74) is 0.958. The van der Waals surface area contributed by atoms with Gasteiger partial charge in [-0.1, -0.05) is 12.1 Å². The van der Waals surface area contributed by atoms with Crippen molar-refractivity contribution in [1.82, 2.24) is 14.4 Å². The van der Waals surface area contributed by atoms with E-state index in [0.29, 0.717) is 24.2 Å². The highest BCUT2D eigenvalue weighted by molar-refractivity contribution is 5.80. The smallest absolute Gasteiger partial charge is 0.408 e. The fourth-order valence-corrected chi connectivity index (χ4v) is 3.79. The number of amides is 1. The number of aliphatic hydroxyl groups is 1. The second-order valence-corrected chi connectivity index (χ2v) is 6.94. The van der Waals surface area contributed by atoms with Gasteiger partial charge in [-0.25, -0.2) is 13.6 Å². The van der Waals surface area contributed by atoms with E-state index in [-0.39, 0.29) is 31.5 Å². The molecule has 26 heavy (non-hydrogen) atoms. The van der Waals surface area contributed by atoms with E-state index in [9.17, 15) is 23.5 Å². The fraction of sp³-hybridized carbons (Fsp3) is 0.529. The first kappa shape index (κ1) is 17.2. The van der Waals surface area contributed by atoms with Crippen LogP contribution in [0.2, 0.25) is 0 Å². The van der Waals surface area contributed by atoms with E-state index in [2.05, 4.69) is 0 Å². The number of nitrogens with zero attached hydrogens (tertiary/aromatic N) is 3. The largest absolute Gasteiger partial charge is 0.420 e. The number of benzene rings is 1. The molecule has 1 aromatic carbocycles. The van der Waals surface area contributed by atoms with Crippen molar-refractivity contribution in [3.8, 4) is 0 Å². The minimum Gasteiger partial charge on any atom is -0.408 e. The summed E-state index contributed by atoms with van der Waals surface area (Å²) in [5, 5.41) is 9.31. The highest BCUT2D eigenvalue weighted by Gasteiger charge is 2.49. The third-order valence-electron chi connectivity index (χ3n) is 5.18. The average molecular weight is 367 g/mol. The molecular weight excluding hydrogens is 348 g/mol. The van der Waals surface area contributed by atoms with Crippen LogP contribution in [0, 0.1) is 0 Å². The lowest BCUT2D eigenvalue weighted by atomic mass is 10.1. The number of aromatic nitrogens is 1. The highest BCUT2D eigenvalue weighted by Crippen LogP contribution is 2.35. The van der Waals surface area contributed by atoms with Gasteiger partial charge in [-0.15, -0.1) is 0 Å². The number of rotatable bonds is 4. The molecule has 0 spiro atoms. The monoisotopic (exact) mass is 367 g/mol. The molecule has 2 aliphatic heterocycles. The van der Waals surface area contributed by atoms with Crippen molar-refractivity contribution in [2.45, 2.75) is 31.0 Å². The summed E-state index contributed by atoms with van der Waals surface area (Å²) in [6.07, 6.45) is -0.357. The molecule has 2 aliphatic rings. The summed E-state index contributed by atoms with van der Waals surface area (Å²) >= 11 is 0. The molecule has 2 fully saturated rings. The first-order chi connectivity index (χ1) is 12.4. The van der Waals surface area contributed by atoms with Gasteiger partial charge in [0.2, 0.25) is 5.91 Å². The van der Waals surface area contributed by atoms with E-state index >= 15 is 0 Å². The molecule has 9 heteroatoms. The first-order valence-electron chi connectivity index (χ1n) is 8.48. The van der Waals surface area contributed by atoms with Crippen LogP contribution in [-0.4, -0.2) is 69.6 Å². The standard InChI is InChI=1S/C17H19F2N3O4/c18-17(19)5-11(9-23)22(10-17)12-6-20(7-12)15(24)8-21-13-3-1-2-4-14(13)26-16(21)25/h1-4,11-12,23H,5-10H2/t11-/m0/s1. The Hall–Kier alpha value is -2.26. The Morgan fingerprint density at radius 3 is 2.77 bits per heavy atom. The average Bonchev–Trinajstić information content (AvgIpc) is 3.02. The van der Waals surface area contributed by atoms with Crippen LogP contribution >= 0.6 is 0 Å². The van der Waals surface area contributed by atoms with Gasteiger partial charge in [0.05, 0.1) is 18.7 Å². The molecule has 4 rings (SSSR count). The molecule has 7 nitrogen and oxygen atoms in total. The van der Waals surface area contributed by atoms with Crippen molar-refractivity contribution in [3.05, 3.63) is 34.8 Å². The molecule has 3 heterocycles. The van der Waals surface area contributed by atoms with Crippen molar-refractivity contribution >= 4 is 17.0 Å². The predicted molar refractivity (Wildman–Crippen MR) is 88.0 cm³/mol. The molecule has 140 valence electrons. The molecule has 2 aromatic rings. The molecule has 1 N–H and O–H groups in total. The third-order valence-corrected chi connectivity index (χ3v) is 5.18. The zero-order valence-corrected chi connectivity index (χ0v) is 14.0. The third kappa shape index (κ3) is 2.90. The number of fused-ring (bicyclic) bond motifs is 1. The van der Waals surface area contributed by atoms with Gasteiger partial charge in [0, 0.05) is 31.6 Å². The van der Waals surface area contributed by atoms with Crippen LogP contribution in [0.3, 0.4) is 0 Å². The number of hydrogen-bond acceptors (Lipinski definition) is 5. The number of halogens is 2. The summed E-state index contributed by atoms with van der Waals surface area (Å²) in [7, 11) is 0. The molecule has 0 radical (unpaired) electrons. The number of likely N-dealkylation sites (tertiary alicyclic amines) is 2. The number of alkyl halides is 2. The van der Waals surface area contributed by atoms with Crippen molar-refractivity contribution < 1.29 is 23.1 Å². The number of para-hydroxylation sites is 2. The Bertz CT molecular complexity index is 888. The Balaban J connectivity index is 1.41. The zero-order chi connectivity index (χ0) is 18.5. The molecule has 1 atom stereocenters. The maximum absolute atomic E-state index is 13.6. The second kappa shape index (κ2) is 6.17. The minimum absolute atomic E-state index is 0.151. The van der Waals surface area contributed by atoms with Gasteiger partial charge in [-0.2, -0.15) is 0 Å². The van der Waals surface area contributed by atoms with Crippen LogP contribution in [0.5, 0.6) is 0 Å². The van der Waals surface area contributed by atoms with Gasteiger partial charge >= 0.3 is 5.76 Å². The number of carbonyl (C=O) groups is 1. The van der Waals surface area contributed by atoms with Gasteiger partial charge in [0.25, 0.3) is 5.92 Å². The molecule has 0 aliphatic carbocycles. The lowest BCUT2D eigenvalue weighted by Crippen LogP contribution is -2.63. The normalized spacial score (nSPS) is 23.5. The van der Waals surface area contributed by atoms with Gasteiger partial charge in [0.1, 0.15) is 6.54 Å². The maximum Gasteiger partial charge on any atom is 0.420 e. The number of carbonyl (C=O) groups excluding carboxylic acids is 1. The van der Waals surface area contributed by atoms with Gasteiger partial charge < -0.3 is 14.4 Å². The van der Waals surface area contributed by atoms with Crippen LogP contribution < -0.4 is 5.76 Å². The highest BCUT2D eigenvalue weighted by atomic mass is 19.3. The van der Waals surface area contributed by atoms with Crippen molar-refractivity contribution in [2.24, 2.45) is 0 Å². The number of aliphatic hydroxyl groups excluding tert-OH is 1. The van der Waals surface area contributed by atoms with E-state index in [0.717, 1.165) is 0 Å². The molecule has 1 amide bonds. The topological polar surface area (TPSA) is 78.9 Å². The molecule has 0 saturated carbocycles. The van der Waals surface area contributed by atoms with Crippen LogP contribution in [0.1, 0.15) is 6.42 Å². The van der Waals surface area contributed by atoms with E-state index in [1.165, 1.54) is 9.47 Å². The summed E-state index contributed by atoms with van der Waals surface area (Å²) in [4.78, 5) is 27.5. The molecule has 0 bridgehead atoms. The Labute approximate surface area is 147 Å². The fourth-order valence-electron chi connectivity index (χ4n) is 3.79. The molecule has 0 unspecified atom stereocenters. The Morgan fingerprint density at radius 1 is 1.31 bits per heavy atom. The lowest BCUT2D eigenvalue weighted by Gasteiger charge is -2.45. The summed E-state index contributed by atoms with van der Waals surface area (Å²) in [5.74, 6) is -3.67. The minimum atomic E-state index is -2.80. The van der Waals surface area contributed by atoms with E-state index in [1.54, 1.807) is 29.2 Å². The van der Waals surface area contributed by atoms with Gasteiger partial charge in [0.15, 0.2) is 5.58 Å². The zero-order valence-electron chi connectivity index (χ0n) is 14.0. The molecular formula is C17H19F2N3O4. The quantitative estimate of drug-likeness (QED) is 0.852. The van der Waals surface area contributed by atoms with Crippen molar-refractivity contribution in [2.75, 3.05) is 26.2 Å². The van der Waals surface area contributed by atoms with Crippen molar-refractivity contribution in [3.63, 3.8) is 0 Å². The van der Waals surface area contributed by atoms with Crippen LogP contribution in [0.4, 0.5) is 8.78 Å². The predicted octanol–water partition coefficient (Wildman–Crippen LogP) is 0.507. The van der Waals surface area contributed by atoms with E-state index < -0.39 is 24.3 Å². The van der Waals surface area contributed by atoms with E-state index in [4.69, 9.17) is 4.42 Å². The van der Waals surface area contributed by atoms with Crippen LogP contribution in [0.25, 0.3) is 11.1 Å². The number of hydrogen-bond donors (Lipinski definition) is 1. The summed E-state index contributed by atoms with van der Waals surface area (Å²) in [6.45, 7) is -0.235.